The molecule has 56 valence electrons. The number of hydrogen-bond acceptors (Lipinski definition) is 0. The van der Waals surface area contributed by atoms with Gasteiger partial charge in [-0.3, -0.25) is 0 Å². The molecule has 0 aromatic heterocycles. The highest BCUT2D eigenvalue weighted by atomic mass is 13.7. The Morgan fingerprint density at radius 2 is 1.70 bits per heavy atom. The monoisotopic (exact) mass is 136 g/mol. The second-order valence-corrected chi connectivity index (χ2v) is 1.81. The summed E-state index contributed by atoms with van der Waals surface area (Å²) >= 11 is 0. The van der Waals surface area contributed by atoms with Gasteiger partial charge in [0.25, 0.3) is 0 Å². The highest BCUT2D eigenvalue weighted by Gasteiger charge is 1.59. The van der Waals surface area contributed by atoms with Crippen LogP contribution in [0.3, 0.4) is 0 Å². The zero-order valence-electron chi connectivity index (χ0n) is 6.93. The molecule has 0 aromatic rings. The van der Waals surface area contributed by atoms with Gasteiger partial charge < -0.3 is 0 Å². The van der Waals surface area contributed by atoms with Gasteiger partial charge in [0.1, 0.15) is 0 Å². The van der Waals surface area contributed by atoms with Crippen molar-refractivity contribution in [1.29, 1.82) is 0 Å². The number of rotatable bonds is 2. The minimum atomic E-state index is 1.02. The molecule has 0 aliphatic heterocycles. The van der Waals surface area contributed by atoms with Gasteiger partial charge in [-0.15, -0.1) is 0 Å². The molecule has 0 unspecified atom stereocenters. The first-order chi connectivity index (χ1) is 4.68. The molecule has 0 aliphatic carbocycles. The van der Waals surface area contributed by atoms with Crippen molar-refractivity contribution in [3.8, 4) is 0 Å². The molecule has 0 heterocycles. The topological polar surface area (TPSA) is 0 Å². The third kappa shape index (κ3) is 28.2. The minimum absolute atomic E-state index is 1.02. The second-order valence-electron chi connectivity index (χ2n) is 1.81. The van der Waals surface area contributed by atoms with E-state index in [9.17, 15) is 0 Å². The zero-order chi connectivity index (χ0) is 8.41. The SMILES string of the molecule is C=CC(=C)C.C=CC=CC. The fourth-order valence-corrected chi connectivity index (χ4v) is 0.136. The molecule has 0 rings (SSSR count). The van der Waals surface area contributed by atoms with E-state index in [0.29, 0.717) is 0 Å². The van der Waals surface area contributed by atoms with E-state index in [0.717, 1.165) is 5.57 Å². The van der Waals surface area contributed by atoms with Crippen LogP contribution in [-0.4, -0.2) is 0 Å². The van der Waals surface area contributed by atoms with E-state index in [2.05, 4.69) is 19.7 Å². The van der Waals surface area contributed by atoms with Crippen molar-refractivity contribution in [2.45, 2.75) is 13.8 Å². The Morgan fingerprint density at radius 3 is 1.70 bits per heavy atom. The quantitative estimate of drug-likeness (QED) is 0.510. The fourth-order valence-electron chi connectivity index (χ4n) is 0.136. The predicted molar refractivity (Wildman–Crippen MR) is 50.0 cm³/mol. The standard InChI is InChI=1S/2C5H8/c1-4-5(2)3;1-3-5-4-2/h4H,1-2H2,3H3;3-5H,1H2,2H3. The summed E-state index contributed by atoms with van der Waals surface area (Å²) in [6.45, 7) is 14.3. The molecule has 0 amide bonds. The van der Waals surface area contributed by atoms with Gasteiger partial charge in [0.15, 0.2) is 0 Å². The van der Waals surface area contributed by atoms with Gasteiger partial charge in [-0.05, 0) is 13.8 Å². The number of hydrogen-bond donors (Lipinski definition) is 0. The average Bonchev–Trinajstić information content (AvgIpc) is 1.91. The first kappa shape index (κ1) is 11.7. The lowest BCUT2D eigenvalue weighted by molar-refractivity contribution is 1.58. The van der Waals surface area contributed by atoms with Crippen LogP contribution in [0.4, 0.5) is 0 Å². The molecule has 10 heavy (non-hydrogen) atoms. The molecule has 0 aromatic carbocycles. The van der Waals surface area contributed by atoms with Crippen LogP contribution in [0.2, 0.25) is 0 Å². The molecule has 0 nitrogen and oxygen atoms in total. The molecule has 0 aliphatic rings. The molecule has 0 saturated carbocycles. The van der Waals surface area contributed by atoms with Crippen molar-refractivity contribution in [3.05, 3.63) is 49.6 Å². The van der Waals surface area contributed by atoms with Crippen molar-refractivity contribution in [2.24, 2.45) is 0 Å². The van der Waals surface area contributed by atoms with Crippen LogP contribution >= 0.6 is 0 Å². The summed E-state index contributed by atoms with van der Waals surface area (Å²) in [5.74, 6) is 0. The summed E-state index contributed by atoms with van der Waals surface area (Å²) in [4.78, 5) is 0. The Balaban J connectivity index is 0. The molecule has 0 heteroatoms. The lowest BCUT2D eigenvalue weighted by Crippen LogP contribution is -1.50. The maximum absolute atomic E-state index is 3.56. The van der Waals surface area contributed by atoms with Gasteiger partial charge >= 0.3 is 0 Å². The summed E-state index contributed by atoms with van der Waals surface area (Å²) in [5, 5.41) is 0. The molecule has 0 saturated heterocycles. The van der Waals surface area contributed by atoms with E-state index in [1.54, 1.807) is 12.2 Å². The van der Waals surface area contributed by atoms with E-state index in [-0.39, 0.29) is 0 Å². The number of allylic oxidation sites excluding steroid dienone is 5. The van der Waals surface area contributed by atoms with E-state index in [1.165, 1.54) is 0 Å². The summed E-state index contributed by atoms with van der Waals surface area (Å²) < 4.78 is 0. The van der Waals surface area contributed by atoms with Crippen LogP contribution in [-0.2, 0) is 0 Å². The third-order valence-electron chi connectivity index (χ3n) is 0.677. The van der Waals surface area contributed by atoms with Gasteiger partial charge in [0.2, 0.25) is 0 Å². The Morgan fingerprint density at radius 1 is 1.30 bits per heavy atom. The summed E-state index contributed by atoms with van der Waals surface area (Å²) in [6, 6.07) is 0. The lowest BCUT2D eigenvalue weighted by atomic mass is 10.4. The molecular weight excluding hydrogens is 120 g/mol. The van der Waals surface area contributed by atoms with E-state index in [1.807, 2.05) is 26.0 Å². The lowest BCUT2D eigenvalue weighted by Gasteiger charge is -1.71. The van der Waals surface area contributed by atoms with Crippen molar-refractivity contribution < 1.29 is 0 Å². The molecular formula is C10H16. The first-order valence-electron chi connectivity index (χ1n) is 3.20. The van der Waals surface area contributed by atoms with Crippen LogP contribution < -0.4 is 0 Å². The van der Waals surface area contributed by atoms with Gasteiger partial charge in [-0.2, -0.15) is 0 Å². The molecule has 0 radical (unpaired) electrons. The van der Waals surface area contributed by atoms with E-state index in [4.69, 9.17) is 0 Å². The third-order valence-corrected chi connectivity index (χ3v) is 0.677. The molecule has 0 fully saturated rings. The van der Waals surface area contributed by atoms with Gasteiger partial charge in [0.05, 0.1) is 0 Å². The first-order valence-corrected chi connectivity index (χ1v) is 3.20. The summed E-state index contributed by atoms with van der Waals surface area (Å²) in [6.07, 6.45) is 7.30. The summed E-state index contributed by atoms with van der Waals surface area (Å²) in [7, 11) is 0. The van der Waals surface area contributed by atoms with Gasteiger partial charge in [0, 0.05) is 0 Å². The highest BCUT2D eigenvalue weighted by molar-refractivity contribution is 5.05. The minimum Gasteiger partial charge on any atom is -0.0991 e. The Kier molecular flexibility index (Phi) is 12.7. The Bertz CT molecular complexity index is 127. The maximum Gasteiger partial charge on any atom is -0.0404 e. The Hall–Kier alpha value is -1.04. The summed E-state index contributed by atoms with van der Waals surface area (Å²) in [5.41, 5.74) is 1.02. The average molecular weight is 136 g/mol. The largest absolute Gasteiger partial charge is 0.0991 e. The van der Waals surface area contributed by atoms with Crippen LogP contribution in [0, 0.1) is 0 Å². The highest BCUT2D eigenvalue weighted by Crippen LogP contribution is 1.81. The van der Waals surface area contributed by atoms with Crippen LogP contribution in [0.1, 0.15) is 13.8 Å². The molecule has 0 atom stereocenters. The van der Waals surface area contributed by atoms with Crippen molar-refractivity contribution >= 4 is 0 Å². The van der Waals surface area contributed by atoms with Gasteiger partial charge in [-0.25, -0.2) is 0 Å². The van der Waals surface area contributed by atoms with Crippen LogP contribution in [0.25, 0.3) is 0 Å². The van der Waals surface area contributed by atoms with Gasteiger partial charge in [-0.1, -0.05) is 49.6 Å². The van der Waals surface area contributed by atoms with E-state index < -0.39 is 0 Å². The van der Waals surface area contributed by atoms with Crippen molar-refractivity contribution in [1.82, 2.24) is 0 Å². The predicted octanol–water partition coefficient (Wildman–Crippen LogP) is 3.50. The normalized spacial score (nSPS) is 7.80. The molecule has 0 N–H and O–H groups in total. The van der Waals surface area contributed by atoms with Crippen molar-refractivity contribution in [2.75, 3.05) is 0 Å². The Labute approximate surface area is 64.3 Å². The van der Waals surface area contributed by atoms with Crippen molar-refractivity contribution in [3.63, 3.8) is 0 Å². The van der Waals surface area contributed by atoms with Crippen LogP contribution in [0.15, 0.2) is 49.6 Å². The smallest absolute Gasteiger partial charge is 0.0404 e. The molecule has 0 spiro atoms. The van der Waals surface area contributed by atoms with E-state index >= 15 is 0 Å². The fraction of sp³-hybridized carbons (Fsp3) is 0.200. The zero-order valence-corrected chi connectivity index (χ0v) is 6.93. The maximum atomic E-state index is 3.56. The molecule has 0 bridgehead atoms. The second kappa shape index (κ2) is 10.9. The van der Waals surface area contributed by atoms with Crippen LogP contribution in [0.5, 0.6) is 0 Å².